The molecule has 0 spiro atoms. The standard InChI is InChI=1S/C18H23F3N4O3S/c1-4-24-14(26)13-11(2)12(10-23-8-5-7-22(3)16(23)27)29-15(13)25(17(24)28)9-6-18(19,20)21/h4-10H2,1-3H3. The minimum atomic E-state index is -4.42. The number of urea groups is 1. The first-order valence-electron chi connectivity index (χ1n) is 9.37. The first-order valence-corrected chi connectivity index (χ1v) is 10.2. The van der Waals surface area contributed by atoms with Crippen LogP contribution in [0.3, 0.4) is 0 Å². The number of carbonyl (C=O) groups is 1. The number of thiophene rings is 1. The molecular weight excluding hydrogens is 409 g/mol. The van der Waals surface area contributed by atoms with Gasteiger partial charge in [0.25, 0.3) is 5.56 Å². The summed E-state index contributed by atoms with van der Waals surface area (Å²) in [6, 6.07) is -0.131. The van der Waals surface area contributed by atoms with Crippen molar-refractivity contribution in [1.82, 2.24) is 18.9 Å². The molecule has 2 aromatic rings. The maximum atomic E-state index is 12.8. The van der Waals surface area contributed by atoms with Crippen molar-refractivity contribution in [3.63, 3.8) is 0 Å². The van der Waals surface area contributed by atoms with E-state index in [-0.39, 0.29) is 29.3 Å². The van der Waals surface area contributed by atoms with Crippen LogP contribution >= 0.6 is 11.3 Å². The number of hydrogen-bond donors (Lipinski definition) is 0. The van der Waals surface area contributed by atoms with Gasteiger partial charge in [-0.15, -0.1) is 11.3 Å². The monoisotopic (exact) mass is 432 g/mol. The topological polar surface area (TPSA) is 67.6 Å². The van der Waals surface area contributed by atoms with Crippen LogP contribution in [0.5, 0.6) is 0 Å². The molecule has 3 heterocycles. The van der Waals surface area contributed by atoms with E-state index in [1.54, 1.807) is 30.7 Å². The van der Waals surface area contributed by atoms with E-state index in [9.17, 15) is 27.6 Å². The van der Waals surface area contributed by atoms with E-state index in [0.29, 0.717) is 23.5 Å². The van der Waals surface area contributed by atoms with Crippen LogP contribution in [0.4, 0.5) is 18.0 Å². The Morgan fingerprint density at radius 3 is 2.41 bits per heavy atom. The van der Waals surface area contributed by atoms with Crippen LogP contribution in [0.15, 0.2) is 9.59 Å². The molecule has 1 saturated heterocycles. The summed E-state index contributed by atoms with van der Waals surface area (Å²) in [7, 11) is 1.71. The number of aromatic nitrogens is 2. The Labute approximate surface area is 168 Å². The van der Waals surface area contributed by atoms with Gasteiger partial charge in [-0.25, -0.2) is 9.59 Å². The molecule has 2 aromatic heterocycles. The highest BCUT2D eigenvalue weighted by Gasteiger charge is 2.29. The maximum absolute atomic E-state index is 12.8. The predicted molar refractivity (Wildman–Crippen MR) is 104 cm³/mol. The van der Waals surface area contributed by atoms with E-state index in [4.69, 9.17) is 0 Å². The number of alkyl halides is 3. The molecule has 160 valence electrons. The fraction of sp³-hybridized carbons (Fsp3) is 0.611. The average molecular weight is 432 g/mol. The zero-order valence-corrected chi connectivity index (χ0v) is 17.3. The highest BCUT2D eigenvalue weighted by Crippen LogP contribution is 2.30. The lowest BCUT2D eigenvalue weighted by atomic mass is 10.2. The van der Waals surface area contributed by atoms with Crippen LogP contribution < -0.4 is 11.2 Å². The van der Waals surface area contributed by atoms with Crippen LogP contribution in [0.25, 0.3) is 10.2 Å². The van der Waals surface area contributed by atoms with E-state index in [0.717, 1.165) is 26.9 Å². The number of nitrogens with zero attached hydrogens (tertiary/aromatic N) is 4. The van der Waals surface area contributed by atoms with E-state index in [1.807, 2.05) is 0 Å². The van der Waals surface area contributed by atoms with Crippen LogP contribution in [0, 0.1) is 6.92 Å². The summed E-state index contributed by atoms with van der Waals surface area (Å²) in [6.07, 6.45) is -4.77. The first-order chi connectivity index (χ1) is 13.5. The number of carbonyl (C=O) groups excluding carboxylic acids is 1. The van der Waals surface area contributed by atoms with Crippen molar-refractivity contribution in [1.29, 1.82) is 0 Å². The van der Waals surface area contributed by atoms with Gasteiger partial charge in [0.1, 0.15) is 4.83 Å². The zero-order valence-electron chi connectivity index (χ0n) is 16.5. The van der Waals surface area contributed by atoms with Crippen molar-refractivity contribution in [2.75, 3.05) is 20.1 Å². The number of amides is 2. The summed E-state index contributed by atoms with van der Waals surface area (Å²) >= 11 is 1.12. The Morgan fingerprint density at radius 1 is 1.10 bits per heavy atom. The smallest absolute Gasteiger partial charge is 0.328 e. The molecule has 0 unspecified atom stereocenters. The van der Waals surface area contributed by atoms with Crippen molar-refractivity contribution in [3.8, 4) is 0 Å². The number of hydrogen-bond acceptors (Lipinski definition) is 4. The van der Waals surface area contributed by atoms with Crippen molar-refractivity contribution in [2.45, 2.75) is 52.5 Å². The third kappa shape index (κ3) is 4.05. The quantitative estimate of drug-likeness (QED) is 0.730. The lowest BCUT2D eigenvalue weighted by molar-refractivity contribution is -0.136. The lowest BCUT2D eigenvalue weighted by Gasteiger charge is -2.33. The summed E-state index contributed by atoms with van der Waals surface area (Å²) in [4.78, 5) is 42.0. The Hall–Kier alpha value is -2.30. The summed E-state index contributed by atoms with van der Waals surface area (Å²) < 4.78 is 40.3. The summed E-state index contributed by atoms with van der Waals surface area (Å²) in [5, 5.41) is 0.256. The molecule has 0 aliphatic carbocycles. The van der Waals surface area contributed by atoms with Crippen LogP contribution in [0.2, 0.25) is 0 Å². The summed E-state index contributed by atoms with van der Waals surface area (Å²) in [6.45, 7) is 4.33. The molecule has 0 radical (unpaired) electrons. The summed E-state index contributed by atoms with van der Waals surface area (Å²) in [5.41, 5.74) is -0.632. The number of fused-ring (bicyclic) bond motifs is 1. The van der Waals surface area contributed by atoms with Gasteiger partial charge in [0.05, 0.1) is 18.4 Å². The second-order valence-electron chi connectivity index (χ2n) is 7.16. The molecule has 7 nitrogen and oxygen atoms in total. The molecule has 0 bridgehead atoms. The Bertz CT molecular complexity index is 1050. The van der Waals surface area contributed by atoms with Gasteiger partial charge in [0.2, 0.25) is 0 Å². The van der Waals surface area contributed by atoms with Crippen molar-refractivity contribution in [2.24, 2.45) is 0 Å². The third-order valence-electron chi connectivity index (χ3n) is 5.18. The first kappa shape index (κ1) is 21.4. The fourth-order valence-corrected chi connectivity index (χ4v) is 4.89. The average Bonchev–Trinajstić information content (AvgIpc) is 2.95. The second kappa shape index (κ2) is 7.85. The Kier molecular flexibility index (Phi) is 5.79. The van der Waals surface area contributed by atoms with Crippen LogP contribution in [-0.4, -0.2) is 51.3 Å². The lowest BCUT2D eigenvalue weighted by Crippen LogP contribution is -2.46. The molecule has 0 saturated carbocycles. The van der Waals surface area contributed by atoms with Gasteiger partial charge in [-0.05, 0) is 25.8 Å². The molecule has 0 N–H and O–H groups in total. The Morgan fingerprint density at radius 2 is 1.79 bits per heavy atom. The van der Waals surface area contributed by atoms with Gasteiger partial charge < -0.3 is 9.80 Å². The third-order valence-corrected chi connectivity index (χ3v) is 6.48. The minimum absolute atomic E-state index is 0.0691. The van der Waals surface area contributed by atoms with E-state index >= 15 is 0 Å². The fourth-order valence-electron chi connectivity index (χ4n) is 3.56. The van der Waals surface area contributed by atoms with Crippen molar-refractivity contribution >= 4 is 27.6 Å². The van der Waals surface area contributed by atoms with E-state index < -0.39 is 30.4 Å². The molecule has 29 heavy (non-hydrogen) atoms. The summed E-state index contributed by atoms with van der Waals surface area (Å²) in [5.74, 6) is 0. The highest BCUT2D eigenvalue weighted by atomic mass is 32.1. The predicted octanol–water partition coefficient (Wildman–Crippen LogP) is 2.76. The molecule has 1 aliphatic rings. The van der Waals surface area contributed by atoms with E-state index in [2.05, 4.69) is 0 Å². The van der Waals surface area contributed by atoms with Crippen LogP contribution in [-0.2, 0) is 19.6 Å². The molecule has 2 amide bonds. The largest absolute Gasteiger partial charge is 0.390 e. The highest BCUT2D eigenvalue weighted by molar-refractivity contribution is 7.18. The Balaban J connectivity index is 2.11. The van der Waals surface area contributed by atoms with Crippen molar-refractivity contribution in [3.05, 3.63) is 31.3 Å². The van der Waals surface area contributed by atoms with Crippen LogP contribution in [0.1, 0.15) is 30.2 Å². The number of halogens is 3. The molecule has 1 fully saturated rings. The molecule has 1 aliphatic heterocycles. The normalized spacial score (nSPS) is 15.6. The zero-order chi connectivity index (χ0) is 21.5. The maximum Gasteiger partial charge on any atom is 0.390 e. The van der Waals surface area contributed by atoms with Gasteiger partial charge in [0, 0.05) is 38.1 Å². The van der Waals surface area contributed by atoms with Gasteiger partial charge in [-0.3, -0.25) is 13.9 Å². The van der Waals surface area contributed by atoms with Gasteiger partial charge >= 0.3 is 17.9 Å². The molecule has 3 rings (SSSR count). The minimum Gasteiger partial charge on any atom is -0.328 e. The SMILES string of the molecule is CCn1c(=O)c2c(C)c(CN3CCCN(C)C3=O)sc2n(CCC(F)(F)F)c1=O. The molecular formula is C18H23F3N4O3S. The van der Waals surface area contributed by atoms with Crippen molar-refractivity contribution < 1.29 is 18.0 Å². The molecule has 0 aromatic carbocycles. The second-order valence-corrected chi connectivity index (χ2v) is 8.24. The van der Waals surface area contributed by atoms with E-state index in [1.165, 1.54) is 0 Å². The molecule has 0 atom stereocenters. The number of aryl methyl sites for hydroxylation is 2. The number of rotatable bonds is 5. The van der Waals surface area contributed by atoms with Gasteiger partial charge in [0.15, 0.2) is 0 Å². The van der Waals surface area contributed by atoms with Gasteiger partial charge in [-0.1, -0.05) is 0 Å². The molecule has 11 heteroatoms. The van der Waals surface area contributed by atoms with Gasteiger partial charge in [-0.2, -0.15) is 13.2 Å².